The Balaban J connectivity index is 1.58. The molecule has 0 bridgehead atoms. The van der Waals surface area contributed by atoms with Crippen LogP contribution in [-0.4, -0.2) is 15.1 Å². The Morgan fingerprint density at radius 2 is 1.32 bits per heavy atom. The molecule has 4 nitrogen and oxygen atoms in total. The minimum absolute atomic E-state index is 0.211. The second-order valence-corrected chi connectivity index (χ2v) is 10.5. The van der Waals surface area contributed by atoms with Gasteiger partial charge in [0.25, 0.3) is 0 Å². The standard InChI is InChI=1S/C37H31N3O/c1-37(2,28-14-5-3-6-15-28)31-24-23-27(32-19-13-20-33(39-32)30-18-9-10-21-35(30)41)26-34(31)40(29-16-7-4-8-17-29)36-22-11-12-25-38-36/h3-26,41H,1-2H3. The van der Waals surface area contributed by atoms with Crippen LogP contribution in [0, 0.1) is 0 Å². The molecule has 0 aliphatic carbocycles. The summed E-state index contributed by atoms with van der Waals surface area (Å²) in [5.74, 6) is 1.04. The highest BCUT2D eigenvalue weighted by atomic mass is 16.3. The zero-order chi connectivity index (χ0) is 28.2. The molecule has 2 aromatic heterocycles. The number of anilines is 3. The van der Waals surface area contributed by atoms with Gasteiger partial charge in [0.15, 0.2) is 0 Å². The summed E-state index contributed by atoms with van der Waals surface area (Å²) in [6, 6.07) is 46.7. The van der Waals surface area contributed by atoms with Gasteiger partial charge in [-0.15, -0.1) is 0 Å². The Kier molecular flexibility index (Phi) is 7.05. The summed E-state index contributed by atoms with van der Waals surface area (Å²) >= 11 is 0. The lowest BCUT2D eigenvalue weighted by molar-refractivity contribution is 0.477. The van der Waals surface area contributed by atoms with Gasteiger partial charge in [0.2, 0.25) is 0 Å². The van der Waals surface area contributed by atoms with Crippen LogP contribution in [0.3, 0.4) is 0 Å². The Hall–Kier alpha value is -5.22. The summed E-state index contributed by atoms with van der Waals surface area (Å²) in [6.07, 6.45) is 1.83. The Labute approximate surface area is 241 Å². The first-order chi connectivity index (χ1) is 20.0. The van der Waals surface area contributed by atoms with Crippen molar-refractivity contribution in [2.24, 2.45) is 0 Å². The highest BCUT2D eigenvalue weighted by Gasteiger charge is 2.29. The van der Waals surface area contributed by atoms with Crippen molar-refractivity contribution >= 4 is 17.2 Å². The first kappa shape index (κ1) is 26.0. The van der Waals surface area contributed by atoms with E-state index in [1.807, 2.05) is 66.9 Å². The fourth-order valence-corrected chi connectivity index (χ4v) is 5.31. The zero-order valence-electron chi connectivity index (χ0n) is 23.1. The maximum Gasteiger partial charge on any atom is 0.137 e. The van der Waals surface area contributed by atoms with Crippen molar-refractivity contribution in [3.63, 3.8) is 0 Å². The Morgan fingerprint density at radius 3 is 2.05 bits per heavy atom. The molecule has 4 heteroatoms. The molecule has 0 saturated carbocycles. The van der Waals surface area contributed by atoms with E-state index >= 15 is 0 Å². The van der Waals surface area contributed by atoms with Crippen molar-refractivity contribution in [2.75, 3.05) is 4.90 Å². The van der Waals surface area contributed by atoms with E-state index in [2.05, 4.69) is 91.5 Å². The molecule has 2 heterocycles. The summed E-state index contributed by atoms with van der Waals surface area (Å²) in [7, 11) is 0. The number of hydrogen-bond acceptors (Lipinski definition) is 4. The predicted molar refractivity (Wildman–Crippen MR) is 168 cm³/mol. The van der Waals surface area contributed by atoms with Crippen LogP contribution in [0.15, 0.2) is 146 Å². The summed E-state index contributed by atoms with van der Waals surface area (Å²) in [5, 5.41) is 10.5. The molecule has 41 heavy (non-hydrogen) atoms. The highest BCUT2D eigenvalue weighted by Crippen LogP contribution is 2.44. The minimum Gasteiger partial charge on any atom is -0.507 e. The number of hydrogen-bond donors (Lipinski definition) is 1. The third kappa shape index (κ3) is 5.20. The van der Waals surface area contributed by atoms with E-state index < -0.39 is 0 Å². The monoisotopic (exact) mass is 533 g/mol. The van der Waals surface area contributed by atoms with Crippen molar-refractivity contribution in [3.05, 3.63) is 157 Å². The van der Waals surface area contributed by atoms with Crippen molar-refractivity contribution in [1.82, 2.24) is 9.97 Å². The fraction of sp³-hybridized carbons (Fsp3) is 0.0811. The average molecular weight is 534 g/mol. The molecule has 6 rings (SSSR count). The molecule has 0 radical (unpaired) electrons. The van der Waals surface area contributed by atoms with Gasteiger partial charge in [-0.3, -0.25) is 4.90 Å². The van der Waals surface area contributed by atoms with Gasteiger partial charge >= 0.3 is 0 Å². The number of phenolic OH excluding ortho intramolecular Hbond substituents is 1. The van der Waals surface area contributed by atoms with E-state index in [1.165, 1.54) is 11.1 Å². The van der Waals surface area contributed by atoms with Crippen LogP contribution in [0.4, 0.5) is 17.2 Å². The second-order valence-electron chi connectivity index (χ2n) is 10.5. The van der Waals surface area contributed by atoms with E-state index in [1.54, 1.807) is 6.07 Å². The van der Waals surface area contributed by atoms with Crippen LogP contribution in [0.5, 0.6) is 5.75 Å². The molecule has 1 N–H and O–H groups in total. The fourth-order valence-electron chi connectivity index (χ4n) is 5.31. The molecular weight excluding hydrogens is 502 g/mol. The first-order valence-electron chi connectivity index (χ1n) is 13.7. The normalized spacial score (nSPS) is 11.3. The van der Waals surface area contributed by atoms with Crippen LogP contribution in [0.25, 0.3) is 22.5 Å². The Morgan fingerprint density at radius 1 is 0.634 bits per heavy atom. The number of aromatic nitrogens is 2. The molecular formula is C37H31N3O. The van der Waals surface area contributed by atoms with Crippen molar-refractivity contribution in [1.29, 1.82) is 0 Å². The number of benzene rings is 4. The second kappa shape index (κ2) is 11.1. The third-order valence-corrected chi connectivity index (χ3v) is 7.53. The highest BCUT2D eigenvalue weighted by molar-refractivity contribution is 5.82. The molecule has 0 saturated heterocycles. The lowest BCUT2D eigenvalue weighted by Gasteiger charge is -2.34. The summed E-state index contributed by atoms with van der Waals surface area (Å²) in [5.41, 5.74) is 7.35. The molecule has 4 aromatic carbocycles. The van der Waals surface area contributed by atoms with Gasteiger partial charge in [0, 0.05) is 28.4 Å². The van der Waals surface area contributed by atoms with Crippen LogP contribution >= 0.6 is 0 Å². The maximum atomic E-state index is 10.5. The number of nitrogens with zero attached hydrogens (tertiary/aromatic N) is 3. The minimum atomic E-state index is -0.304. The SMILES string of the molecule is CC(C)(c1ccccc1)c1ccc(-c2cccc(-c3ccccc3O)n2)cc1N(c1ccccc1)c1ccccn1. The van der Waals surface area contributed by atoms with Crippen LogP contribution in [0.1, 0.15) is 25.0 Å². The van der Waals surface area contributed by atoms with E-state index in [-0.39, 0.29) is 11.2 Å². The van der Waals surface area contributed by atoms with Crippen molar-refractivity contribution in [2.45, 2.75) is 19.3 Å². The Bertz CT molecular complexity index is 1730. The molecule has 0 amide bonds. The topological polar surface area (TPSA) is 49.3 Å². The number of pyridine rings is 2. The summed E-state index contributed by atoms with van der Waals surface area (Å²) in [4.78, 5) is 12.0. The van der Waals surface area contributed by atoms with Gasteiger partial charge in [0.1, 0.15) is 11.6 Å². The number of phenols is 1. The molecule has 200 valence electrons. The molecule has 0 aliphatic heterocycles. The quantitative estimate of drug-likeness (QED) is 0.222. The van der Waals surface area contributed by atoms with Gasteiger partial charge in [-0.2, -0.15) is 0 Å². The van der Waals surface area contributed by atoms with Crippen LogP contribution in [-0.2, 0) is 5.41 Å². The van der Waals surface area contributed by atoms with Gasteiger partial charge in [-0.05, 0) is 65.7 Å². The smallest absolute Gasteiger partial charge is 0.137 e. The van der Waals surface area contributed by atoms with Crippen LogP contribution in [0.2, 0.25) is 0 Å². The van der Waals surface area contributed by atoms with Crippen molar-refractivity contribution < 1.29 is 5.11 Å². The maximum absolute atomic E-state index is 10.5. The predicted octanol–water partition coefficient (Wildman–Crippen LogP) is 9.31. The van der Waals surface area contributed by atoms with E-state index in [0.717, 1.165) is 34.1 Å². The summed E-state index contributed by atoms with van der Waals surface area (Å²) < 4.78 is 0. The van der Waals surface area contributed by atoms with Gasteiger partial charge < -0.3 is 5.11 Å². The molecule has 6 aromatic rings. The third-order valence-electron chi connectivity index (χ3n) is 7.53. The average Bonchev–Trinajstić information content (AvgIpc) is 3.03. The molecule has 0 atom stereocenters. The number of rotatable bonds is 7. The van der Waals surface area contributed by atoms with E-state index in [0.29, 0.717) is 5.56 Å². The lowest BCUT2D eigenvalue weighted by Crippen LogP contribution is -2.23. The molecule has 0 fully saturated rings. The van der Waals surface area contributed by atoms with Gasteiger partial charge in [-0.25, -0.2) is 9.97 Å². The molecule has 0 aliphatic rings. The zero-order valence-corrected chi connectivity index (χ0v) is 23.1. The van der Waals surface area contributed by atoms with Gasteiger partial charge in [-0.1, -0.05) is 98.8 Å². The molecule has 0 unspecified atom stereocenters. The van der Waals surface area contributed by atoms with E-state index in [4.69, 9.17) is 9.97 Å². The summed E-state index contributed by atoms with van der Waals surface area (Å²) in [6.45, 7) is 4.53. The van der Waals surface area contributed by atoms with E-state index in [9.17, 15) is 5.11 Å². The number of aromatic hydroxyl groups is 1. The van der Waals surface area contributed by atoms with Crippen LogP contribution < -0.4 is 4.90 Å². The molecule has 0 spiro atoms. The lowest BCUT2D eigenvalue weighted by atomic mass is 9.76. The van der Waals surface area contributed by atoms with Gasteiger partial charge in [0.05, 0.1) is 17.1 Å². The first-order valence-corrected chi connectivity index (χ1v) is 13.7. The van der Waals surface area contributed by atoms with Crippen molar-refractivity contribution in [3.8, 4) is 28.3 Å². The largest absolute Gasteiger partial charge is 0.507 e. The number of para-hydroxylation sites is 2.